The van der Waals surface area contributed by atoms with E-state index in [-0.39, 0.29) is 18.6 Å². The van der Waals surface area contributed by atoms with Crippen molar-refractivity contribution in [2.75, 3.05) is 6.61 Å². The third-order valence-corrected chi connectivity index (χ3v) is 4.20. The monoisotopic (exact) mass is 309 g/mol. The van der Waals surface area contributed by atoms with Crippen molar-refractivity contribution >= 4 is 28.8 Å². The van der Waals surface area contributed by atoms with Crippen LogP contribution in [0.4, 0.5) is 0 Å². The number of aryl methyl sites for hydroxylation is 1. The van der Waals surface area contributed by atoms with Crippen molar-refractivity contribution in [2.24, 2.45) is 0 Å². The summed E-state index contributed by atoms with van der Waals surface area (Å²) < 4.78 is 6.15. The maximum Gasteiger partial charge on any atom is 0.258 e. The number of thiophene rings is 1. The first kappa shape index (κ1) is 14.9. The third-order valence-electron chi connectivity index (χ3n) is 2.79. The second kappa shape index (κ2) is 6.77. The predicted octanol–water partition coefficient (Wildman–Crippen LogP) is 3.97. The lowest BCUT2D eigenvalue weighted by Crippen LogP contribution is -2.30. The van der Waals surface area contributed by atoms with Crippen molar-refractivity contribution in [1.29, 1.82) is 0 Å². The van der Waals surface area contributed by atoms with Crippen molar-refractivity contribution < 1.29 is 9.53 Å². The fraction of sp³-hybridized carbons (Fsp3) is 0.267. The van der Waals surface area contributed by atoms with Crippen LogP contribution in [0.25, 0.3) is 0 Å². The lowest BCUT2D eigenvalue weighted by Gasteiger charge is -2.12. The summed E-state index contributed by atoms with van der Waals surface area (Å²) in [6.45, 7) is 3.93. The molecule has 0 aliphatic carbocycles. The maximum atomic E-state index is 11.8. The largest absolute Gasteiger partial charge is 0.484 e. The van der Waals surface area contributed by atoms with Crippen molar-refractivity contribution in [2.45, 2.75) is 19.9 Å². The molecule has 2 aromatic rings. The lowest BCUT2D eigenvalue weighted by atomic mass is 10.2. The van der Waals surface area contributed by atoms with Crippen LogP contribution < -0.4 is 10.1 Å². The van der Waals surface area contributed by atoms with E-state index in [0.717, 1.165) is 14.8 Å². The molecule has 0 fully saturated rings. The van der Waals surface area contributed by atoms with Gasteiger partial charge < -0.3 is 10.1 Å². The number of carbonyl (C=O) groups excluding carboxylic acids is 1. The van der Waals surface area contributed by atoms with Gasteiger partial charge in [0.15, 0.2) is 6.61 Å². The summed E-state index contributed by atoms with van der Waals surface area (Å²) in [5.41, 5.74) is 1.16. The zero-order valence-corrected chi connectivity index (χ0v) is 12.9. The number of hydrogen-bond donors (Lipinski definition) is 1. The Bertz CT molecular complexity index is 580. The molecule has 0 spiro atoms. The molecule has 0 radical (unpaired) electrons. The molecule has 106 valence electrons. The molecular formula is C15H16ClNO2S. The van der Waals surface area contributed by atoms with Crippen molar-refractivity contribution in [3.8, 4) is 5.75 Å². The number of nitrogens with one attached hydrogen (secondary N) is 1. The van der Waals surface area contributed by atoms with Crippen LogP contribution in [-0.4, -0.2) is 12.5 Å². The highest BCUT2D eigenvalue weighted by Crippen LogP contribution is 2.26. The van der Waals surface area contributed by atoms with Crippen LogP contribution in [0.2, 0.25) is 4.34 Å². The van der Waals surface area contributed by atoms with Crippen LogP contribution in [-0.2, 0) is 4.79 Å². The summed E-state index contributed by atoms with van der Waals surface area (Å²) in [6, 6.07) is 11.3. The van der Waals surface area contributed by atoms with Crippen molar-refractivity contribution in [1.82, 2.24) is 5.32 Å². The van der Waals surface area contributed by atoms with E-state index in [2.05, 4.69) is 5.32 Å². The zero-order valence-electron chi connectivity index (χ0n) is 11.4. The first-order chi connectivity index (χ1) is 9.54. The summed E-state index contributed by atoms with van der Waals surface area (Å²) in [5, 5.41) is 2.88. The topological polar surface area (TPSA) is 38.3 Å². The van der Waals surface area contributed by atoms with Gasteiger partial charge in [0.2, 0.25) is 0 Å². The molecule has 1 amide bonds. The van der Waals surface area contributed by atoms with Gasteiger partial charge >= 0.3 is 0 Å². The Hall–Kier alpha value is -1.52. The van der Waals surface area contributed by atoms with Gasteiger partial charge in [-0.15, -0.1) is 11.3 Å². The molecule has 1 aromatic carbocycles. The average molecular weight is 310 g/mol. The van der Waals surface area contributed by atoms with E-state index in [0.29, 0.717) is 5.75 Å². The summed E-state index contributed by atoms with van der Waals surface area (Å²) in [6.07, 6.45) is 0. The maximum absolute atomic E-state index is 11.8. The molecule has 3 nitrogen and oxygen atoms in total. The van der Waals surface area contributed by atoms with Gasteiger partial charge in [-0.1, -0.05) is 29.3 Å². The number of ether oxygens (including phenoxy) is 1. The molecule has 0 bridgehead atoms. The van der Waals surface area contributed by atoms with Gasteiger partial charge in [0.05, 0.1) is 10.4 Å². The fourth-order valence-corrected chi connectivity index (χ4v) is 2.76. The summed E-state index contributed by atoms with van der Waals surface area (Å²) in [4.78, 5) is 12.8. The van der Waals surface area contributed by atoms with E-state index < -0.39 is 0 Å². The SMILES string of the molecule is Cc1ccc(OCC(=O)NC(C)c2ccc(Cl)s2)cc1. The predicted molar refractivity (Wildman–Crippen MR) is 82.6 cm³/mol. The zero-order chi connectivity index (χ0) is 14.5. The van der Waals surface area contributed by atoms with E-state index in [4.69, 9.17) is 16.3 Å². The van der Waals surface area contributed by atoms with Gasteiger partial charge in [-0.2, -0.15) is 0 Å². The fourth-order valence-electron chi connectivity index (χ4n) is 1.70. The molecule has 1 atom stereocenters. The van der Waals surface area contributed by atoms with E-state index in [1.165, 1.54) is 11.3 Å². The quantitative estimate of drug-likeness (QED) is 0.907. The minimum Gasteiger partial charge on any atom is -0.484 e. The van der Waals surface area contributed by atoms with Crippen LogP contribution in [0.3, 0.4) is 0 Å². The molecule has 2 rings (SSSR count). The first-order valence-electron chi connectivity index (χ1n) is 6.28. The van der Waals surface area contributed by atoms with Gasteiger partial charge in [-0.05, 0) is 38.1 Å². The molecule has 0 aliphatic rings. The average Bonchev–Trinajstić information content (AvgIpc) is 2.85. The molecular weight excluding hydrogens is 294 g/mol. The molecule has 20 heavy (non-hydrogen) atoms. The number of halogens is 1. The number of carbonyl (C=O) groups is 1. The summed E-state index contributed by atoms with van der Waals surface area (Å²) in [7, 11) is 0. The first-order valence-corrected chi connectivity index (χ1v) is 7.48. The Morgan fingerprint density at radius 2 is 2.00 bits per heavy atom. The highest BCUT2D eigenvalue weighted by molar-refractivity contribution is 7.16. The number of benzene rings is 1. The molecule has 0 aliphatic heterocycles. The van der Waals surface area contributed by atoms with Crippen LogP contribution in [0, 0.1) is 6.92 Å². The normalized spacial score (nSPS) is 11.9. The minimum absolute atomic E-state index is 0.00646. The third kappa shape index (κ3) is 4.25. The van der Waals surface area contributed by atoms with E-state index in [1.54, 1.807) is 0 Å². The molecule has 1 unspecified atom stereocenters. The second-order valence-electron chi connectivity index (χ2n) is 4.53. The molecule has 1 heterocycles. The number of rotatable bonds is 5. The number of hydrogen-bond acceptors (Lipinski definition) is 3. The Balaban J connectivity index is 1.82. The van der Waals surface area contributed by atoms with Crippen LogP contribution in [0.5, 0.6) is 5.75 Å². The van der Waals surface area contributed by atoms with Gasteiger partial charge in [-0.3, -0.25) is 4.79 Å². The second-order valence-corrected chi connectivity index (χ2v) is 6.28. The van der Waals surface area contributed by atoms with Crippen molar-refractivity contribution in [3.05, 3.63) is 51.2 Å². The summed E-state index contributed by atoms with van der Waals surface area (Å²) in [5.74, 6) is 0.542. The Kier molecular flexibility index (Phi) is 5.04. The van der Waals surface area contributed by atoms with E-state index in [9.17, 15) is 4.79 Å². The van der Waals surface area contributed by atoms with Gasteiger partial charge in [0.25, 0.3) is 5.91 Å². The summed E-state index contributed by atoms with van der Waals surface area (Å²) >= 11 is 7.34. The highest BCUT2D eigenvalue weighted by Gasteiger charge is 2.12. The highest BCUT2D eigenvalue weighted by atomic mass is 35.5. The van der Waals surface area contributed by atoms with Gasteiger partial charge in [0, 0.05) is 4.88 Å². The Morgan fingerprint density at radius 1 is 1.30 bits per heavy atom. The van der Waals surface area contributed by atoms with E-state index >= 15 is 0 Å². The molecule has 0 saturated carbocycles. The van der Waals surface area contributed by atoms with Gasteiger partial charge in [-0.25, -0.2) is 0 Å². The molecule has 1 aromatic heterocycles. The lowest BCUT2D eigenvalue weighted by molar-refractivity contribution is -0.123. The molecule has 1 N–H and O–H groups in total. The van der Waals surface area contributed by atoms with Crippen molar-refractivity contribution in [3.63, 3.8) is 0 Å². The van der Waals surface area contributed by atoms with Crippen LogP contribution in [0.1, 0.15) is 23.4 Å². The van der Waals surface area contributed by atoms with Gasteiger partial charge in [0.1, 0.15) is 5.75 Å². The number of amides is 1. The van der Waals surface area contributed by atoms with Crippen LogP contribution >= 0.6 is 22.9 Å². The Labute approximate surface area is 127 Å². The minimum atomic E-state index is -0.150. The standard InChI is InChI=1S/C15H16ClNO2S/c1-10-3-5-12(6-4-10)19-9-15(18)17-11(2)13-7-8-14(16)20-13/h3-8,11H,9H2,1-2H3,(H,17,18). The smallest absolute Gasteiger partial charge is 0.258 e. The van der Waals surface area contributed by atoms with E-state index in [1.807, 2.05) is 50.2 Å². The molecule has 5 heteroatoms. The Morgan fingerprint density at radius 3 is 2.60 bits per heavy atom. The molecule has 0 saturated heterocycles. The van der Waals surface area contributed by atoms with Crippen LogP contribution in [0.15, 0.2) is 36.4 Å².